The summed E-state index contributed by atoms with van der Waals surface area (Å²) in [5.74, 6) is 0.514. The zero-order valence-corrected chi connectivity index (χ0v) is 19.1. The fraction of sp³-hybridized carbons (Fsp3) is 0.273. The highest BCUT2D eigenvalue weighted by Gasteiger charge is 2.31. The molecule has 176 valence electrons. The average molecular weight is 480 g/mol. The van der Waals surface area contributed by atoms with Gasteiger partial charge in [-0.2, -0.15) is 8.78 Å². The third kappa shape index (κ3) is 5.43. The van der Waals surface area contributed by atoms with E-state index in [0.717, 1.165) is 0 Å². The number of thiocarbonyl (C=S) groups is 1. The van der Waals surface area contributed by atoms with E-state index in [2.05, 4.69) is 20.7 Å². The molecule has 33 heavy (non-hydrogen) atoms. The molecule has 0 radical (unpaired) electrons. The first-order chi connectivity index (χ1) is 15.8. The van der Waals surface area contributed by atoms with Gasteiger partial charge < -0.3 is 34.9 Å². The summed E-state index contributed by atoms with van der Waals surface area (Å²) < 4.78 is 45.6. The summed E-state index contributed by atoms with van der Waals surface area (Å²) in [5.41, 5.74) is 1.82. The van der Waals surface area contributed by atoms with E-state index in [1.165, 1.54) is 33.5 Å². The molecule has 0 aliphatic carbocycles. The Morgan fingerprint density at radius 3 is 2.36 bits per heavy atom. The predicted octanol–water partition coefficient (Wildman–Crippen LogP) is 3.75. The maximum atomic E-state index is 13.4. The van der Waals surface area contributed by atoms with Crippen molar-refractivity contribution in [3.8, 4) is 23.0 Å². The number of amides is 1. The van der Waals surface area contributed by atoms with E-state index in [-0.39, 0.29) is 11.5 Å². The van der Waals surface area contributed by atoms with Crippen molar-refractivity contribution in [2.24, 2.45) is 0 Å². The molecule has 0 saturated carbocycles. The number of allylic oxidation sites excluding steroid dienone is 1. The largest absolute Gasteiger partial charge is 0.497 e. The molecule has 11 heteroatoms. The van der Waals surface area contributed by atoms with Crippen molar-refractivity contribution >= 4 is 28.9 Å². The Bertz CT molecular complexity index is 1090. The molecule has 0 bridgehead atoms. The van der Waals surface area contributed by atoms with Crippen LogP contribution in [0.1, 0.15) is 18.5 Å². The highest BCUT2D eigenvalue weighted by molar-refractivity contribution is 7.80. The van der Waals surface area contributed by atoms with E-state index in [0.29, 0.717) is 39.1 Å². The van der Waals surface area contributed by atoms with Gasteiger partial charge in [-0.15, -0.1) is 0 Å². The second kappa shape index (κ2) is 10.3. The van der Waals surface area contributed by atoms with Gasteiger partial charge in [0.05, 0.1) is 38.6 Å². The zero-order chi connectivity index (χ0) is 24.1. The van der Waals surface area contributed by atoms with Crippen LogP contribution in [0, 0.1) is 0 Å². The topological polar surface area (TPSA) is 90.1 Å². The number of carbonyl (C=O) groups is 1. The van der Waals surface area contributed by atoms with Crippen LogP contribution < -0.4 is 34.9 Å². The van der Waals surface area contributed by atoms with Crippen molar-refractivity contribution in [3.05, 3.63) is 53.2 Å². The maximum absolute atomic E-state index is 13.4. The first kappa shape index (κ1) is 24.1. The van der Waals surface area contributed by atoms with Crippen molar-refractivity contribution in [3.63, 3.8) is 0 Å². The molecule has 1 aliphatic rings. The molecule has 1 amide bonds. The van der Waals surface area contributed by atoms with Gasteiger partial charge in [0.15, 0.2) is 16.6 Å². The van der Waals surface area contributed by atoms with Gasteiger partial charge in [-0.25, -0.2) is 0 Å². The molecule has 3 rings (SSSR count). The monoisotopic (exact) mass is 479 g/mol. The first-order valence-electron chi connectivity index (χ1n) is 9.71. The summed E-state index contributed by atoms with van der Waals surface area (Å²) in [4.78, 5) is 13.4. The maximum Gasteiger partial charge on any atom is 0.387 e. The number of ether oxygens (including phenoxy) is 4. The molecular formula is C22H23F2N3O5S. The molecule has 0 saturated heterocycles. The van der Waals surface area contributed by atoms with E-state index in [9.17, 15) is 13.6 Å². The number of rotatable bonds is 8. The second-order valence-electron chi connectivity index (χ2n) is 6.88. The van der Waals surface area contributed by atoms with Gasteiger partial charge in [0, 0.05) is 11.8 Å². The smallest absolute Gasteiger partial charge is 0.387 e. The van der Waals surface area contributed by atoms with E-state index < -0.39 is 18.6 Å². The Hall–Kier alpha value is -3.60. The molecule has 0 aromatic heterocycles. The fourth-order valence-electron chi connectivity index (χ4n) is 3.40. The Morgan fingerprint density at radius 1 is 1.03 bits per heavy atom. The van der Waals surface area contributed by atoms with Crippen LogP contribution in [-0.2, 0) is 4.79 Å². The number of alkyl halides is 2. The Morgan fingerprint density at radius 2 is 1.73 bits per heavy atom. The van der Waals surface area contributed by atoms with E-state index in [1.807, 2.05) is 0 Å². The van der Waals surface area contributed by atoms with E-state index in [4.69, 9.17) is 26.4 Å². The van der Waals surface area contributed by atoms with Gasteiger partial charge in [0.25, 0.3) is 5.91 Å². The Balaban J connectivity index is 1.99. The van der Waals surface area contributed by atoms with Crippen LogP contribution in [0.4, 0.5) is 14.5 Å². The molecule has 1 aliphatic heterocycles. The average Bonchev–Trinajstić information content (AvgIpc) is 2.78. The van der Waals surface area contributed by atoms with Crippen molar-refractivity contribution in [2.45, 2.75) is 19.6 Å². The summed E-state index contributed by atoms with van der Waals surface area (Å²) in [6.45, 7) is -1.29. The summed E-state index contributed by atoms with van der Waals surface area (Å²) in [6.07, 6.45) is 0. The van der Waals surface area contributed by atoms with E-state index >= 15 is 0 Å². The van der Waals surface area contributed by atoms with Gasteiger partial charge in [0.2, 0.25) is 0 Å². The van der Waals surface area contributed by atoms with Crippen LogP contribution in [-0.4, -0.2) is 39.0 Å². The van der Waals surface area contributed by atoms with Crippen molar-refractivity contribution in [2.75, 3.05) is 26.6 Å². The minimum atomic E-state index is -3.00. The molecule has 1 heterocycles. The van der Waals surface area contributed by atoms with Crippen LogP contribution in [0.15, 0.2) is 47.7 Å². The second-order valence-corrected chi connectivity index (χ2v) is 7.29. The minimum Gasteiger partial charge on any atom is -0.497 e. The van der Waals surface area contributed by atoms with E-state index in [1.54, 1.807) is 31.2 Å². The lowest BCUT2D eigenvalue weighted by molar-refractivity contribution is -0.113. The number of hydrogen-bond acceptors (Lipinski definition) is 6. The number of nitrogens with one attached hydrogen (secondary N) is 3. The summed E-state index contributed by atoms with van der Waals surface area (Å²) >= 11 is 5.27. The van der Waals surface area contributed by atoms with Gasteiger partial charge in [0.1, 0.15) is 11.5 Å². The van der Waals surface area contributed by atoms with Crippen LogP contribution in [0.25, 0.3) is 0 Å². The summed E-state index contributed by atoms with van der Waals surface area (Å²) in [6, 6.07) is 8.74. The van der Waals surface area contributed by atoms with Crippen LogP contribution in [0.2, 0.25) is 0 Å². The predicted molar refractivity (Wildman–Crippen MR) is 122 cm³/mol. The molecule has 0 fully saturated rings. The van der Waals surface area contributed by atoms with Crippen molar-refractivity contribution in [1.29, 1.82) is 0 Å². The number of benzene rings is 2. The van der Waals surface area contributed by atoms with Crippen molar-refractivity contribution < 1.29 is 32.5 Å². The van der Waals surface area contributed by atoms with Crippen LogP contribution >= 0.6 is 12.2 Å². The standard InChI is InChI=1S/C22H23F2N3O5S/c1-11-18(20(28)26-14-10-13(29-2)6-8-15(14)30-3)19(27-22(33)25-11)12-5-7-16(32-21(23)24)17(9-12)31-4/h5-10,19,21H,1-4H3,(H,26,28)(H2,25,27,33). The SMILES string of the molecule is COc1ccc(OC)c(NC(=O)C2=C(C)NC(=S)NC2c2ccc(OC(F)F)c(OC)c2)c1. The molecular weight excluding hydrogens is 456 g/mol. The first-order valence-corrected chi connectivity index (χ1v) is 10.1. The minimum absolute atomic E-state index is 0.0888. The van der Waals surface area contributed by atoms with Crippen LogP contribution in [0.3, 0.4) is 0 Å². The fourth-order valence-corrected chi connectivity index (χ4v) is 3.67. The molecule has 0 spiro atoms. The quantitative estimate of drug-likeness (QED) is 0.494. The molecule has 1 atom stereocenters. The molecule has 8 nitrogen and oxygen atoms in total. The molecule has 3 N–H and O–H groups in total. The van der Waals surface area contributed by atoms with Crippen LogP contribution in [0.5, 0.6) is 23.0 Å². The Kier molecular flexibility index (Phi) is 7.54. The summed E-state index contributed by atoms with van der Waals surface area (Å²) in [7, 11) is 4.34. The molecule has 1 unspecified atom stereocenters. The van der Waals surface area contributed by atoms with Gasteiger partial charge in [-0.3, -0.25) is 4.79 Å². The molecule has 2 aromatic carbocycles. The normalized spacial score (nSPS) is 15.5. The zero-order valence-electron chi connectivity index (χ0n) is 18.3. The lowest BCUT2D eigenvalue weighted by Gasteiger charge is -2.30. The highest BCUT2D eigenvalue weighted by Crippen LogP contribution is 2.36. The van der Waals surface area contributed by atoms with Gasteiger partial charge in [-0.05, 0) is 49.0 Å². The third-order valence-electron chi connectivity index (χ3n) is 4.91. The van der Waals surface area contributed by atoms with Gasteiger partial charge in [-0.1, -0.05) is 6.07 Å². The number of methoxy groups -OCH3 is 3. The lowest BCUT2D eigenvalue weighted by atomic mass is 9.94. The lowest BCUT2D eigenvalue weighted by Crippen LogP contribution is -2.45. The number of hydrogen-bond donors (Lipinski definition) is 3. The third-order valence-corrected chi connectivity index (χ3v) is 5.13. The number of halogens is 2. The number of carbonyl (C=O) groups excluding carboxylic acids is 1. The summed E-state index contributed by atoms with van der Waals surface area (Å²) in [5, 5.41) is 9.13. The number of anilines is 1. The van der Waals surface area contributed by atoms with Gasteiger partial charge >= 0.3 is 6.61 Å². The Labute approximate surface area is 194 Å². The highest BCUT2D eigenvalue weighted by atomic mass is 32.1. The van der Waals surface area contributed by atoms with Crippen molar-refractivity contribution in [1.82, 2.24) is 10.6 Å². The molecule has 2 aromatic rings.